The first-order valence-electron chi connectivity index (χ1n) is 8.08. The van der Waals surface area contributed by atoms with Crippen LogP contribution in [0.1, 0.15) is 44.7 Å². The second kappa shape index (κ2) is 5.99. The normalized spacial score (nSPS) is 18.8. The topological polar surface area (TPSA) is 77.6 Å². The van der Waals surface area contributed by atoms with Crippen molar-refractivity contribution in [2.24, 2.45) is 5.92 Å². The Hall–Kier alpha value is -1.83. The molecule has 0 radical (unpaired) electrons. The van der Waals surface area contributed by atoms with Crippen LogP contribution < -0.4 is 5.32 Å². The third kappa shape index (κ3) is 3.26. The highest BCUT2D eigenvalue weighted by Crippen LogP contribution is 2.40. The highest BCUT2D eigenvalue weighted by atomic mass is 32.2. The molecule has 2 aromatic heterocycles. The summed E-state index contributed by atoms with van der Waals surface area (Å²) in [5.74, 6) is 1.76. The zero-order valence-corrected chi connectivity index (χ0v) is 13.9. The van der Waals surface area contributed by atoms with Crippen molar-refractivity contribution in [3.05, 3.63) is 18.6 Å². The summed E-state index contributed by atoms with van der Waals surface area (Å²) in [6.45, 7) is 2.16. The van der Waals surface area contributed by atoms with Gasteiger partial charge in [-0.15, -0.1) is 10.2 Å². The fourth-order valence-electron chi connectivity index (χ4n) is 2.76. The van der Waals surface area contributed by atoms with Gasteiger partial charge in [-0.3, -0.25) is 4.79 Å². The Morgan fingerprint density at radius 2 is 2.26 bits per heavy atom. The molecule has 1 amide bonds. The van der Waals surface area contributed by atoms with Crippen molar-refractivity contribution in [2.75, 3.05) is 11.1 Å². The number of nitrogens with zero attached hydrogens (tertiary/aromatic N) is 5. The highest BCUT2D eigenvalue weighted by molar-refractivity contribution is 7.99. The van der Waals surface area contributed by atoms with Gasteiger partial charge in [0.2, 0.25) is 5.91 Å². The first-order valence-corrected chi connectivity index (χ1v) is 9.06. The molecule has 2 aliphatic rings. The van der Waals surface area contributed by atoms with E-state index < -0.39 is 0 Å². The molecular weight excluding hydrogens is 312 g/mol. The van der Waals surface area contributed by atoms with Crippen LogP contribution in [0, 0.1) is 5.92 Å². The molecular formula is C15H20N6OS. The number of thioether (sulfide) groups is 1. The predicted molar refractivity (Wildman–Crippen MR) is 87.3 cm³/mol. The second-order valence-electron chi connectivity index (χ2n) is 6.33. The molecule has 0 aromatic carbocycles. The van der Waals surface area contributed by atoms with Crippen LogP contribution in [0.5, 0.6) is 0 Å². The molecule has 0 saturated heterocycles. The van der Waals surface area contributed by atoms with E-state index in [1.165, 1.54) is 37.4 Å². The van der Waals surface area contributed by atoms with E-state index in [1.54, 1.807) is 12.5 Å². The van der Waals surface area contributed by atoms with Crippen LogP contribution in [-0.4, -0.2) is 36.2 Å². The molecule has 8 heteroatoms. The van der Waals surface area contributed by atoms with Crippen LogP contribution in [-0.2, 0) is 4.79 Å². The minimum Gasteiger partial charge on any atom is -0.310 e. The molecule has 2 fully saturated rings. The summed E-state index contributed by atoms with van der Waals surface area (Å²) in [5, 5.41) is 16.2. The quantitative estimate of drug-likeness (QED) is 0.788. The van der Waals surface area contributed by atoms with Gasteiger partial charge in [0.05, 0.1) is 18.0 Å². The molecule has 0 aliphatic heterocycles. The SMILES string of the molecule is C[C@@H](C1CC1)n1nccc1NC(=O)CSc1nncn1C1CC1. The zero-order valence-electron chi connectivity index (χ0n) is 13.1. The Balaban J connectivity index is 1.35. The number of nitrogens with one attached hydrogen (secondary N) is 1. The Morgan fingerprint density at radius 3 is 3.00 bits per heavy atom. The van der Waals surface area contributed by atoms with Gasteiger partial charge in [0, 0.05) is 12.1 Å². The number of carbonyl (C=O) groups excluding carboxylic acids is 1. The van der Waals surface area contributed by atoms with Gasteiger partial charge in [0.25, 0.3) is 0 Å². The van der Waals surface area contributed by atoms with E-state index >= 15 is 0 Å². The van der Waals surface area contributed by atoms with Crippen molar-refractivity contribution in [1.29, 1.82) is 0 Å². The Morgan fingerprint density at radius 1 is 1.43 bits per heavy atom. The predicted octanol–water partition coefficient (Wildman–Crippen LogP) is 2.51. The molecule has 1 N–H and O–H groups in total. The molecule has 2 aliphatic carbocycles. The van der Waals surface area contributed by atoms with Gasteiger partial charge in [0.1, 0.15) is 12.1 Å². The van der Waals surface area contributed by atoms with E-state index in [0.29, 0.717) is 23.8 Å². The van der Waals surface area contributed by atoms with Gasteiger partial charge in [-0.1, -0.05) is 11.8 Å². The Kier molecular flexibility index (Phi) is 3.84. The summed E-state index contributed by atoms with van der Waals surface area (Å²) in [7, 11) is 0. The zero-order chi connectivity index (χ0) is 15.8. The van der Waals surface area contributed by atoms with E-state index in [2.05, 4.69) is 32.1 Å². The van der Waals surface area contributed by atoms with Crippen LogP contribution in [0.2, 0.25) is 0 Å². The molecule has 2 heterocycles. The molecule has 0 unspecified atom stereocenters. The minimum absolute atomic E-state index is 0.0370. The van der Waals surface area contributed by atoms with E-state index in [9.17, 15) is 4.79 Å². The average molecular weight is 332 g/mol. The van der Waals surface area contributed by atoms with Crippen LogP contribution in [0.4, 0.5) is 5.82 Å². The fourth-order valence-corrected chi connectivity index (χ4v) is 3.55. The molecule has 2 saturated carbocycles. The highest BCUT2D eigenvalue weighted by Gasteiger charge is 2.31. The molecule has 4 rings (SSSR count). The number of hydrogen-bond donors (Lipinski definition) is 1. The van der Waals surface area contributed by atoms with Gasteiger partial charge in [-0.05, 0) is 38.5 Å². The summed E-state index contributed by atoms with van der Waals surface area (Å²) in [4.78, 5) is 12.2. The second-order valence-corrected chi connectivity index (χ2v) is 7.27. The first-order chi connectivity index (χ1) is 11.2. The number of carbonyl (C=O) groups is 1. The maximum atomic E-state index is 12.2. The lowest BCUT2D eigenvalue weighted by Gasteiger charge is -2.15. The summed E-state index contributed by atoms with van der Waals surface area (Å²) in [5.41, 5.74) is 0. The van der Waals surface area contributed by atoms with Gasteiger partial charge in [-0.2, -0.15) is 5.10 Å². The lowest BCUT2D eigenvalue weighted by atomic mass is 10.2. The maximum Gasteiger partial charge on any atom is 0.235 e. The molecule has 23 heavy (non-hydrogen) atoms. The molecule has 0 spiro atoms. The van der Waals surface area contributed by atoms with Gasteiger partial charge in [0.15, 0.2) is 5.16 Å². The van der Waals surface area contributed by atoms with E-state index in [1.807, 2.05) is 10.7 Å². The van der Waals surface area contributed by atoms with Crippen molar-refractivity contribution in [2.45, 2.75) is 49.8 Å². The Labute approximate surface area is 138 Å². The number of hydrogen-bond acceptors (Lipinski definition) is 5. The maximum absolute atomic E-state index is 12.2. The summed E-state index contributed by atoms with van der Waals surface area (Å²) in [6, 6.07) is 2.72. The van der Waals surface area contributed by atoms with Gasteiger partial charge in [-0.25, -0.2) is 4.68 Å². The number of aromatic nitrogens is 5. The first kappa shape index (κ1) is 14.7. The summed E-state index contributed by atoms with van der Waals surface area (Å²) in [6.07, 6.45) is 8.35. The third-order valence-electron chi connectivity index (χ3n) is 4.44. The van der Waals surface area contributed by atoms with Crippen LogP contribution in [0.3, 0.4) is 0 Å². The average Bonchev–Trinajstić information content (AvgIpc) is 3.47. The summed E-state index contributed by atoms with van der Waals surface area (Å²) < 4.78 is 3.99. The van der Waals surface area contributed by atoms with Crippen molar-refractivity contribution in [3.63, 3.8) is 0 Å². The molecule has 1 atom stereocenters. The number of rotatable bonds is 7. The lowest BCUT2D eigenvalue weighted by molar-refractivity contribution is -0.113. The number of amides is 1. The molecule has 2 aromatic rings. The van der Waals surface area contributed by atoms with Crippen LogP contribution in [0.25, 0.3) is 0 Å². The van der Waals surface area contributed by atoms with E-state index in [0.717, 1.165) is 11.0 Å². The van der Waals surface area contributed by atoms with Crippen molar-refractivity contribution in [1.82, 2.24) is 24.5 Å². The van der Waals surface area contributed by atoms with Crippen LogP contribution in [0.15, 0.2) is 23.7 Å². The fraction of sp³-hybridized carbons (Fsp3) is 0.600. The largest absolute Gasteiger partial charge is 0.310 e. The van der Waals surface area contributed by atoms with Gasteiger partial charge >= 0.3 is 0 Å². The third-order valence-corrected chi connectivity index (χ3v) is 5.40. The van der Waals surface area contributed by atoms with Crippen molar-refractivity contribution >= 4 is 23.5 Å². The monoisotopic (exact) mass is 332 g/mol. The van der Waals surface area contributed by atoms with Crippen molar-refractivity contribution < 1.29 is 4.79 Å². The lowest BCUT2D eigenvalue weighted by Crippen LogP contribution is -2.20. The molecule has 7 nitrogen and oxygen atoms in total. The molecule has 0 bridgehead atoms. The standard InChI is InChI=1S/C15H20N6OS/c1-10(11-2-3-11)21-13(6-7-17-21)18-14(22)8-23-15-19-16-9-20(15)12-4-5-12/h6-7,9-12H,2-5,8H2,1H3,(H,18,22)/t10-/m0/s1. The van der Waals surface area contributed by atoms with E-state index in [4.69, 9.17) is 0 Å². The van der Waals surface area contributed by atoms with Gasteiger partial charge < -0.3 is 9.88 Å². The molecule has 122 valence electrons. The summed E-state index contributed by atoms with van der Waals surface area (Å²) >= 11 is 1.43. The minimum atomic E-state index is -0.0370. The van der Waals surface area contributed by atoms with Crippen molar-refractivity contribution in [3.8, 4) is 0 Å². The van der Waals surface area contributed by atoms with E-state index in [-0.39, 0.29) is 5.91 Å². The number of anilines is 1. The Bertz CT molecular complexity index is 702. The van der Waals surface area contributed by atoms with Crippen LogP contribution >= 0.6 is 11.8 Å². The smallest absolute Gasteiger partial charge is 0.235 e.